The number of hydrogen-bond donors (Lipinski definition) is 1. The molecule has 2 rings (SSSR count). The van der Waals surface area contributed by atoms with Crippen molar-refractivity contribution in [3.63, 3.8) is 0 Å². The molecule has 2 aromatic rings. The van der Waals surface area contributed by atoms with Gasteiger partial charge in [-0.3, -0.25) is 0 Å². The first-order valence-corrected chi connectivity index (χ1v) is 6.67. The molecule has 2 aromatic carbocycles. The Morgan fingerprint density at radius 2 is 1.71 bits per heavy atom. The highest BCUT2D eigenvalue weighted by atomic mass is 79.9. The van der Waals surface area contributed by atoms with Crippen LogP contribution in [0, 0.1) is 11.6 Å². The van der Waals surface area contributed by atoms with E-state index in [4.69, 9.17) is 0 Å². The molecular formula is C14H10BrF4NO. The Bertz CT molecular complexity index is 619. The van der Waals surface area contributed by atoms with Crippen molar-refractivity contribution in [1.29, 1.82) is 0 Å². The Hall–Kier alpha value is -1.76. The van der Waals surface area contributed by atoms with Gasteiger partial charge in [-0.2, -0.15) is 8.78 Å². The van der Waals surface area contributed by atoms with E-state index in [0.29, 0.717) is 0 Å². The van der Waals surface area contributed by atoms with Crippen LogP contribution < -0.4 is 10.1 Å². The maximum atomic E-state index is 13.5. The fourth-order valence-electron chi connectivity index (χ4n) is 1.64. The maximum absolute atomic E-state index is 13.5. The normalized spacial score (nSPS) is 10.8. The third-order valence-corrected chi connectivity index (χ3v) is 3.25. The van der Waals surface area contributed by atoms with Crippen molar-refractivity contribution in [1.82, 2.24) is 0 Å². The van der Waals surface area contributed by atoms with Crippen molar-refractivity contribution in [3.05, 3.63) is 58.1 Å². The third kappa shape index (κ3) is 4.35. The topological polar surface area (TPSA) is 21.3 Å². The zero-order valence-electron chi connectivity index (χ0n) is 10.5. The number of alkyl halides is 2. The lowest BCUT2D eigenvalue weighted by atomic mass is 10.2. The molecule has 0 spiro atoms. The van der Waals surface area contributed by atoms with Crippen molar-refractivity contribution in [3.8, 4) is 5.75 Å². The fourth-order valence-corrected chi connectivity index (χ4v) is 1.99. The molecule has 112 valence electrons. The van der Waals surface area contributed by atoms with Crippen LogP contribution >= 0.6 is 15.9 Å². The average molecular weight is 364 g/mol. The van der Waals surface area contributed by atoms with Crippen molar-refractivity contribution in [2.24, 2.45) is 0 Å². The lowest BCUT2D eigenvalue weighted by Gasteiger charge is -2.10. The monoisotopic (exact) mass is 363 g/mol. The fraction of sp³-hybridized carbons (Fsp3) is 0.143. The predicted molar refractivity (Wildman–Crippen MR) is 74.5 cm³/mol. The SMILES string of the molecule is Fc1cc(F)c(NCc2ccc(OC(F)F)cc2)cc1Br. The van der Waals surface area contributed by atoms with Gasteiger partial charge in [-0.15, -0.1) is 0 Å². The van der Waals surface area contributed by atoms with Crippen molar-refractivity contribution < 1.29 is 22.3 Å². The molecule has 2 nitrogen and oxygen atoms in total. The van der Waals surface area contributed by atoms with Crippen molar-refractivity contribution in [2.45, 2.75) is 13.2 Å². The van der Waals surface area contributed by atoms with Crippen LogP contribution in [-0.4, -0.2) is 6.61 Å². The van der Waals surface area contributed by atoms with Gasteiger partial charge in [0.05, 0.1) is 10.2 Å². The molecular weight excluding hydrogens is 354 g/mol. The van der Waals surface area contributed by atoms with Crippen LogP contribution in [0.5, 0.6) is 5.75 Å². The quantitative estimate of drug-likeness (QED) is 0.599. The first-order chi connectivity index (χ1) is 9.95. The molecule has 0 radical (unpaired) electrons. The van der Waals surface area contributed by atoms with E-state index in [1.807, 2.05) is 0 Å². The summed E-state index contributed by atoms with van der Waals surface area (Å²) in [6.07, 6.45) is 0. The van der Waals surface area contributed by atoms with Crippen LogP contribution in [0.1, 0.15) is 5.56 Å². The molecule has 0 saturated heterocycles. The Kier molecular flexibility index (Phi) is 5.06. The first-order valence-electron chi connectivity index (χ1n) is 5.88. The van der Waals surface area contributed by atoms with Gasteiger partial charge in [0.15, 0.2) is 0 Å². The summed E-state index contributed by atoms with van der Waals surface area (Å²) in [6, 6.07) is 7.98. The van der Waals surface area contributed by atoms with Gasteiger partial charge in [0.25, 0.3) is 0 Å². The molecule has 0 bridgehead atoms. The summed E-state index contributed by atoms with van der Waals surface area (Å²) >= 11 is 2.97. The third-order valence-electron chi connectivity index (χ3n) is 2.64. The number of halogens is 5. The van der Waals surface area contributed by atoms with Crippen LogP contribution in [0.2, 0.25) is 0 Å². The summed E-state index contributed by atoms with van der Waals surface area (Å²) in [5.74, 6) is -1.36. The summed E-state index contributed by atoms with van der Waals surface area (Å²) in [4.78, 5) is 0. The molecule has 0 fully saturated rings. The molecule has 0 aliphatic heterocycles. The van der Waals surface area contributed by atoms with Gasteiger partial charge in [0, 0.05) is 12.6 Å². The van der Waals surface area contributed by atoms with Gasteiger partial charge in [-0.25, -0.2) is 8.78 Å². The Morgan fingerprint density at radius 1 is 1.05 bits per heavy atom. The van der Waals surface area contributed by atoms with E-state index >= 15 is 0 Å². The van der Waals surface area contributed by atoms with E-state index in [1.165, 1.54) is 18.2 Å². The largest absolute Gasteiger partial charge is 0.435 e. The maximum Gasteiger partial charge on any atom is 0.387 e. The molecule has 0 aromatic heterocycles. The second kappa shape index (κ2) is 6.80. The number of anilines is 1. The summed E-state index contributed by atoms with van der Waals surface area (Å²) in [7, 11) is 0. The Morgan fingerprint density at radius 3 is 2.33 bits per heavy atom. The van der Waals surface area contributed by atoms with Crippen LogP contribution in [-0.2, 0) is 6.54 Å². The molecule has 1 N–H and O–H groups in total. The summed E-state index contributed by atoms with van der Waals surface area (Å²) in [5, 5.41) is 2.80. The van der Waals surface area contributed by atoms with Gasteiger partial charge in [-0.05, 0) is 39.7 Å². The highest BCUT2D eigenvalue weighted by molar-refractivity contribution is 9.10. The van der Waals surface area contributed by atoms with E-state index in [1.54, 1.807) is 12.1 Å². The van der Waals surface area contributed by atoms with Gasteiger partial charge >= 0.3 is 6.61 Å². The summed E-state index contributed by atoms with van der Waals surface area (Å²) in [5.41, 5.74) is 0.868. The van der Waals surface area contributed by atoms with Gasteiger partial charge in [0.2, 0.25) is 0 Å². The Balaban J connectivity index is 2.01. The lowest BCUT2D eigenvalue weighted by Crippen LogP contribution is -2.04. The highest BCUT2D eigenvalue weighted by Crippen LogP contribution is 2.24. The zero-order valence-corrected chi connectivity index (χ0v) is 12.1. The van der Waals surface area contributed by atoms with Crippen molar-refractivity contribution in [2.75, 3.05) is 5.32 Å². The first kappa shape index (κ1) is 15.6. The number of ether oxygens (including phenoxy) is 1. The Labute approximate surface area is 126 Å². The van der Waals surface area contributed by atoms with Gasteiger partial charge in [-0.1, -0.05) is 12.1 Å². The van der Waals surface area contributed by atoms with E-state index in [-0.39, 0.29) is 22.5 Å². The predicted octanol–water partition coefficient (Wildman–Crippen LogP) is 4.94. The molecule has 0 unspecified atom stereocenters. The molecule has 21 heavy (non-hydrogen) atoms. The smallest absolute Gasteiger partial charge is 0.387 e. The molecule has 7 heteroatoms. The minimum atomic E-state index is -2.88. The van der Waals surface area contributed by atoms with Crippen molar-refractivity contribution >= 4 is 21.6 Å². The number of nitrogens with one attached hydrogen (secondary N) is 1. The molecule has 0 amide bonds. The van der Waals surface area contributed by atoms with Crippen LogP contribution in [0.15, 0.2) is 40.9 Å². The van der Waals surface area contributed by atoms with Crippen LogP contribution in [0.3, 0.4) is 0 Å². The van der Waals surface area contributed by atoms with Gasteiger partial charge < -0.3 is 10.1 Å². The molecule has 0 aliphatic carbocycles. The van der Waals surface area contributed by atoms with Crippen LogP contribution in [0.25, 0.3) is 0 Å². The second-order valence-electron chi connectivity index (χ2n) is 4.12. The standard InChI is InChI=1S/C14H10BrF4NO/c15-10-5-13(12(17)6-11(10)16)20-7-8-1-3-9(4-2-8)21-14(18)19/h1-6,14,20H,7H2. The van der Waals surface area contributed by atoms with E-state index in [9.17, 15) is 17.6 Å². The van der Waals surface area contributed by atoms with Gasteiger partial charge in [0.1, 0.15) is 17.4 Å². The lowest BCUT2D eigenvalue weighted by molar-refractivity contribution is -0.0498. The number of hydrogen-bond acceptors (Lipinski definition) is 2. The summed E-state index contributed by atoms with van der Waals surface area (Å²) in [6.45, 7) is -2.62. The second-order valence-corrected chi connectivity index (χ2v) is 4.98. The van der Waals surface area contributed by atoms with E-state index < -0.39 is 18.2 Å². The zero-order chi connectivity index (χ0) is 15.4. The molecule has 0 saturated carbocycles. The number of rotatable bonds is 5. The molecule has 0 aliphatic rings. The summed E-state index contributed by atoms with van der Waals surface area (Å²) < 4.78 is 54.9. The highest BCUT2D eigenvalue weighted by Gasteiger charge is 2.08. The van der Waals surface area contributed by atoms with E-state index in [0.717, 1.165) is 11.6 Å². The molecule has 0 atom stereocenters. The minimum absolute atomic E-state index is 0.0458. The number of benzene rings is 2. The minimum Gasteiger partial charge on any atom is -0.435 e. The van der Waals surface area contributed by atoms with Crippen LogP contribution in [0.4, 0.5) is 23.2 Å². The average Bonchev–Trinajstić information content (AvgIpc) is 2.42. The van der Waals surface area contributed by atoms with E-state index in [2.05, 4.69) is 26.0 Å². The molecule has 0 heterocycles.